The molecule has 0 bridgehead atoms. The van der Waals surface area contributed by atoms with E-state index < -0.39 is 18.0 Å². The summed E-state index contributed by atoms with van der Waals surface area (Å²) in [6.45, 7) is 16.0. The summed E-state index contributed by atoms with van der Waals surface area (Å²) in [5.41, 5.74) is 6.37. The van der Waals surface area contributed by atoms with Gasteiger partial charge in [-0.2, -0.15) is 12.5 Å². The largest absolute Gasteiger partial charge is 0.534 e. The Bertz CT molecular complexity index is 2070. The summed E-state index contributed by atoms with van der Waals surface area (Å²) in [5, 5.41) is 12.0. The topological polar surface area (TPSA) is 167 Å². The number of hydrogen-bond acceptors (Lipinski definition) is 13. The fourth-order valence-corrected chi connectivity index (χ4v) is 11.8. The lowest BCUT2D eigenvalue weighted by Crippen LogP contribution is -2.36. The summed E-state index contributed by atoms with van der Waals surface area (Å²) in [6.07, 6.45) is 105. The average molecular weight is 1650 g/mol. The third kappa shape index (κ3) is 113. The number of allylic oxidation sites excluding steroid dienone is 16. The van der Waals surface area contributed by atoms with Gasteiger partial charge in [-0.05, 0) is 203 Å². The van der Waals surface area contributed by atoms with Crippen LogP contribution in [-0.4, -0.2) is 155 Å². The zero-order valence-electron chi connectivity index (χ0n) is 76.9. The summed E-state index contributed by atoms with van der Waals surface area (Å²) in [6, 6.07) is 0.676. The van der Waals surface area contributed by atoms with Gasteiger partial charge in [0, 0.05) is 44.6 Å². The molecule has 0 saturated carbocycles. The van der Waals surface area contributed by atoms with Gasteiger partial charge in [-0.15, -0.1) is 23.2 Å². The van der Waals surface area contributed by atoms with Crippen molar-refractivity contribution in [2.45, 2.75) is 400 Å². The molecule has 0 aromatic rings. The summed E-state index contributed by atoms with van der Waals surface area (Å²) in [4.78, 5) is 55.9. The quantitative estimate of drug-likeness (QED) is 0.0114. The van der Waals surface area contributed by atoms with Crippen molar-refractivity contribution in [3.63, 3.8) is 0 Å². The second kappa shape index (κ2) is 108. The number of carbonyl (C=O) groups is 4. The van der Waals surface area contributed by atoms with E-state index in [-0.39, 0.29) is 43.5 Å². The highest BCUT2D eigenvalue weighted by atomic mass is 35.5. The number of unbranched alkanes of at least 4 members (excludes halogenated alkanes) is 36. The summed E-state index contributed by atoms with van der Waals surface area (Å²) in [7, 11) is 11.5. The molecule has 1 aliphatic heterocycles. The number of alkyl halides is 2. The molecule has 0 aliphatic carbocycles. The monoisotopic (exact) mass is 1650 g/mol. The van der Waals surface area contributed by atoms with Gasteiger partial charge >= 0.3 is 12.2 Å². The first-order chi connectivity index (χ1) is 55.5. The van der Waals surface area contributed by atoms with Crippen LogP contribution in [0.5, 0.6) is 0 Å². The van der Waals surface area contributed by atoms with E-state index >= 15 is 0 Å². The SMILES string of the molecule is CC.CCCCC/C=C\C/C=C\CCCCCCCCC(CCCCCCCC/C=C\C/C=C\CCCCC)NC(=O)OCCN(C)C.CCCCC/C=C\C/C=C\CCCCCCCCC(N)CCCCCCCC/C=C\C/C=C\CCCCC.CN(C)CCO.CN(C)CCOC(=O)ON1C(=O)CCC1=O.ClCCl.[2H]SC. The van der Waals surface area contributed by atoms with Crippen molar-refractivity contribution >= 4 is 59.8 Å². The number of aliphatic hydroxyl groups excluding tert-OH is 1. The number of nitrogens with one attached hydrogen (secondary N) is 1. The average Bonchev–Trinajstić information content (AvgIpc) is 1.74. The molecule has 0 atom stereocenters. The normalized spacial score (nSPS) is 12.4. The molecule has 1 aliphatic rings. The zero-order chi connectivity index (χ0) is 85.8. The number of carbonyl (C=O) groups excluding carboxylic acids is 4. The van der Waals surface area contributed by atoms with Crippen LogP contribution in [0.25, 0.3) is 0 Å². The Morgan fingerprint density at radius 2 is 0.673 bits per heavy atom. The molecule has 0 aromatic heterocycles. The van der Waals surface area contributed by atoms with Gasteiger partial charge in [-0.25, -0.2) is 9.59 Å². The molecule has 4 N–H and O–H groups in total. The predicted octanol–water partition coefficient (Wildman–Crippen LogP) is 28.1. The Morgan fingerprint density at radius 3 is 0.920 bits per heavy atom. The van der Waals surface area contributed by atoms with E-state index in [9.17, 15) is 19.2 Å². The Hall–Kier alpha value is -3.67. The van der Waals surface area contributed by atoms with Gasteiger partial charge in [-0.1, -0.05) is 324 Å². The van der Waals surface area contributed by atoms with Crippen molar-refractivity contribution in [1.82, 2.24) is 25.1 Å². The number of aliphatic hydroxyl groups is 1. The number of alkyl carbamates (subject to hydrolysis) is 1. The number of hydroxylamine groups is 2. The molecule has 3 amide bonds. The molecule has 0 radical (unpaired) electrons. The number of halogens is 2. The van der Waals surface area contributed by atoms with Crippen LogP contribution in [0.15, 0.2) is 97.2 Å². The summed E-state index contributed by atoms with van der Waals surface area (Å²) < 4.78 is 16.2. The van der Waals surface area contributed by atoms with E-state index in [1.54, 1.807) is 6.26 Å². The maximum Gasteiger partial charge on any atom is 0.534 e. The molecule has 17 heteroatoms. The molecule has 1 saturated heterocycles. The van der Waals surface area contributed by atoms with Crippen LogP contribution in [0.2, 0.25) is 0 Å². The zero-order valence-corrected chi connectivity index (χ0v) is 78.2. The predicted molar refractivity (Wildman–Crippen MR) is 501 cm³/mol. The first kappa shape index (κ1) is 118. The maximum absolute atomic E-state index is 12.4. The fourth-order valence-electron chi connectivity index (χ4n) is 11.8. The van der Waals surface area contributed by atoms with Crippen LogP contribution < -0.4 is 11.1 Å². The number of rotatable bonds is 70. The molecule has 666 valence electrons. The number of ether oxygens (including phenoxy) is 2. The number of amides is 3. The second-order valence-electron chi connectivity index (χ2n) is 30.2. The molecule has 1 rings (SSSR count). The molecule has 0 spiro atoms. The van der Waals surface area contributed by atoms with Crippen molar-refractivity contribution in [1.29, 1.82) is 1.12 Å². The highest BCUT2D eigenvalue weighted by Gasteiger charge is 2.33. The Labute approximate surface area is 716 Å². The van der Waals surface area contributed by atoms with Crippen molar-refractivity contribution in [2.75, 3.05) is 93.3 Å². The maximum atomic E-state index is 12.4. The van der Waals surface area contributed by atoms with E-state index in [0.29, 0.717) is 24.3 Å². The van der Waals surface area contributed by atoms with Crippen LogP contribution in [0, 0.1) is 0 Å². The minimum absolute atomic E-state index is 0.0732. The van der Waals surface area contributed by atoms with Crippen molar-refractivity contribution in [3.05, 3.63) is 97.2 Å². The molecular weight excluding hydrogens is 1470 g/mol. The first-order valence-corrected chi connectivity index (χ1v) is 47.7. The van der Waals surface area contributed by atoms with Gasteiger partial charge in [0.05, 0.1) is 11.9 Å². The van der Waals surface area contributed by atoms with Gasteiger partial charge in [0.2, 0.25) is 0 Å². The Balaban J connectivity index is -0.000000379. The van der Waals surface area contributed by atoms with Gasteiger partial charge in [0.1, 0.15) is 14.3 Å². The van der Waals surface area contributed by atoms with Gasteiger partial charge in [0.25, 0.3) is 11.8 Å². The van der Waals surface area contributed by atoms with Gasteiger partial charge in [-0.3, -0.25) is 14.4 Å². The number of hydrogen-bond donors (Lipinski definition) is 4. The lowest BCUT2D eigenvalue weighted by molar-refractivity contribution is -0.177. The first-order valence-electron chi connectivity index (χ1n) is 46.2. The Morgan fingerprint density at radius 1 is 0.434 bits per heavy atom. The second-order valence-corrected chi connectivity index (χ2v) is 31.0. The molecule has 1 fully saturated rings. The minimum Gasteiger partial charge on any atom is -0.448 e. The number of nitrogens with two attached hydrogens (primary N) is 1. The molecule has 14 nitrogen and oxygen atoms in total. The van der Waals surface area contributed by atoms with E-state index in [1.165, 1.54) is 295 Å². The highest BCUT2D eigenvalue weighted by molar-refractivity contribution is 7.79. The molecular formula is C96H184Cl2N6O8S. The minimum atomic E-state index is -1.04. The standard InChI is InChI=1S/C42H78N2O2.C37H69N.C9H14N2O5.C4H11NO.C2H6.CH2Cl2.CH4S/c1-5-7-9-11-13-15-17-19-21-23-25-27-29-31-33-35-37-41(43-42(45)46-40-39-44(3)4)38-36-34-32-30-28-26-24-22-20-18-16-14-12-10-8-6-2;1-3-5-7-9-11-13-15-17-19-21-23-25-27-29-31-33-35-37(38)36-34-32-30-28-26-24-22-20-18-16-14-12-10-8-6-4-2;1-10(2)5-6-15-9(14)16-11-7(12)3-4-8(11)13;1-5(2)3-4-6;1-2;2-1-3;1-2/h13-16,19-22,41H,5-12,17-18,23-40H2,1-4H3,(H,43,45);11-14,17-20,37H,3-10,15-16,21-36,38H2,1-2H3;3-6H2,1-2H3;6H,3-4H2,1-2H3;1-2H3;1H2;2H,1H3/b15-13-,16-14-,21-19-,22-20-;13-11-,14-12-,19-17-,20-18-;;;;;/i/hD. The van der Waals surface area contributed by atoms with Gasteiger partial charge in [0.15, 0.2) is 0 Å². The number of imide groups is 1. The van der Waals surface area contributed by atoms with Crippen LogP contribution in [0.3, 0.4) is 0 Å². The molecule has 0 unspecified atom stereocenters. The third-order valence-electron chi connectivity index (χ3n) is 18.6. The lowest BCUT2D eigenvalue weighted by Gasteiger charge is -2.19. The Kier molecular flexibility index (Phi) is 113. The van der Waals surface area contributed by atoms with Crippen LogP contribution in [0.1, 0.15) is 388 Å². The van der Waals surface area contributed by atoms with E-state index in [0.717, 1.165) is 64.1 Å². The van der Waals surface area contributed by atoms with Gasteiger partial charge < -0.3 is 40.3 Å². The number of likely N-dealkylation sites (N-methyl/N-ethyl adjacent to an activating group) is 3. The highest BCUT2D eigenvalue weighted by Crippen LogP contribution is 2.19. The number of thiol groups is 1. The van der Waals surface area contributed by atoms with Crippen LogP contribution in [-0.2, 0) is 23.9 Å². The number of nitrogens with zero attached hydrogens (tertiary/aromatic N) is 4. The van der Waals surface area contributed by atoms with Crippen molar-refractivity contribution in [3.8, 4) is 0 Å². The fraction of sp³-hybridized carbons (Fsp3) is 0.792. The van der Waals surface area contributed by atoms with E-state index in [1.807, 2.05) is 70.8 Å². The lowest BCUT2D eigenvalue weighted by atomic mass is 10.00. The smallest absolute Gasteiger partial charge is 0.448 e. The molecule has 0 aromatic carbocycles. The van der Waals surface area contributed by atoms with E-state index in [2.05, 4.69) is 140 Å². The third-order valence-corrected chi connectivity index (χ3v) is 18.6. The molecule has 1 heterocycles. The van der Waals surface area contributed by atoms with E-state index in [4.69, 9.17) is 39.9 Å². The summed E-state index contributed by atoms with van der Waals surface area (Å²) >= 11 is 10.5. The van der Waals surface area contributed by atoms with Crippen LogP contribution >= 0.6 is 35.7 Å². The summed E-state index contributed by atoms with van der Waals surface area (Å²) in [5.74, 6) is -1.04. The van der Waals surface area contributed by atoms with Crippen LogP contribution in [0.4, 0.5) is 9.59 Å². The van der Waals surface area contributed by atoms with Crippen molar-refractivity contribution < 1.29 is 38.6 Å². The van der Waals surface area contributed by atoms with Crippen molar-refractivity contribution in [2.24, 2.45) is 5.73 Å². The molecule has 113 heavy (non-hydrogen) atoms.